The van der Waals surface area contributed by atoms with Crippen molar-refractivity contribution in [2.75, 3.05) is 4.90 Å². The van der Waals surface area contributed by atoms with Crippen LogP contribution in [0.15, 0.2) is 62.3 Å². The summed E-state index contributed by atoms with van der Waals surface area (Å²) in [7, 11) is 0. The molecule has 0 saturated heterocycles. The predicted molar refractivity (Wildman–Crippen MR) is 105 cm³/mol. The van der Waals surface area contributed by atoms with Crippen molar-refractivity contribution in [3.05, 3.63) is 97.3 Å². The summed E-state index contributed by atoms with van der Waals surface area (Å²) < 4.78 is 24.6. The highest BCUT2D eigenvalue weighted by molar-refractivity contribution is 6.10. The van der Waals surface area contributed by atoms with Gasteiger partial charge >= 0.3 is 0 Å². The van der Waals surface area contributed by atoms with Crippen molar-refractivity contribution >= 4 is 28.4 Å². The number of nitro benzene ring substituents is 1. The lowest BCUT2D eigenvalue weighted by Gasteiger charge is -2.22. The van der Waals surface area contributed by atoms with Crippen LogP contribution in [-0.4, -0.2) is 16.0 Å². The second-order valence-corrected chi connectivity index (χ2v) is 7.04. The number of non-ortho nitro benzene ring substituents is 1. The first-order valence-corrected chi connectivity index (χ1v) is 9.12. The van der Waals surface area contributed by atoms with Crippen LogP contribution in [0.1, 0.15) is 33.5 Å². The van der Waals surface area contributed by atoms with Crippen molar-refractivity contribution in [3.63, 3.8) is 0 Å². The first kappa shape index (κ1) is 18.7. The topological polar surface area (TPSA) is 120 Å². The minimum absolute atomic E-state index is 0.00222. The van der Waals surface area contributed by atoms with E-state index in [9.17, 15) is 24.1 Å². The maximum atomic E-state index is 13.8. The van der Waals surface area contributed by atoms with Gasteiger partial charge in [-0.15, -0.1) is 0 Å². The molecule has 0 radical (unpaired) electrons. The molecule has 10 heteroatoms. The number of anilines is 1. The number of benzene rings is 2. The van der Waals surface area contributed by atoms with Crippen LogP contribution < -0.4 is 10.3 Å². The molecule has 0 unspecified atom stereocenters. The van der Waals surface area contributed by atoms with Gasteiger partial charge in [-0.3, -0.25) is 24.6 Å². The summed E-state index contributed by atoms with van der Waals surface area (Å²) in [6, 6.07) is 9.41. The van der Waals surface area contributed by atoms with Crippen LogP contribution in [0.2, 0.25) is 0 Å². The maximum Gasteiger partial charge on any atom is 0.296 e. The molecule has 0 bridgehead atoms. The molecule has 0 aliphatic carbocycles. The molecule has 1 aliphatic rings. The van der Waals surface area contributed by atoms with Crippen molar-refractivity contribution in [2.45, 2.75) is 13.0 Å². The largest absolute Gasteiger partial charge is 0.450 e. The lowest BCUT2D eigenvalue weighted by atomic mass is 9.98. The van der Waals surface area contributed by atoms with Gasteiger partial charge in [-0.25, -0.2) is 4.39 Å². The van der Waals surface area contributed by atoms with Crippen LogP contribution in [-0.2, 0) is 0 Å². The van der Waals surface area contributed by atoms with E-state index in [1.807, 2.05) is 0 Å². The summed E-state index contributed by atoms with van der Waals surface area (Å²) in [6.45, 7) is 1.64. The number of amides is 1. The quantitative estimate of drug-likeness (QED) is 0.364. The fourth-order valence-electron chi connectivity index (χ4n) is 3.74. The number of aromatic nitrogens is 1. The Hall–Kier alpha value is -4.34. The molecule has 0 fully saturated rings. The molecule has 0 spiro atoms. The fraction of sp³-hybridized carbons (Fsp3) is 0.0952. The van der Waals surface area contributed by atoms with Crippen LogP contribution in [0.4, 0.5) is 15.9 Å². The third kappa shape index (κ3) is 2.80. The number of hydrogen-bond donors (Lipinski definition) is 0. The number of fused-ring (bicyclic) bond motifs is 2. The van der Waals surface area contributed by atoms with Gasteiger partial charge in [-0.05, 0) is 42.8 Å². The van der Waals surface area contributed by atoms with Crippen LogP contribution in [0.5, 0.6) is 0 Å². The van der Waals surface area contributed by atoms with Crippen LogP contribution >= 0.6 is 0 Å². The van der Waals surface area contributed by atoms with Crippen LogP contribution in [0.3, 0.4) is 0 Å². The van der Waals surface area contributed by atoms with Gasteiger partial charge in [0.2, 0.25) is 5.76 Å². The van der Waals surface area contributed by atoms with Crippen molar-refractivity contribution in [2.24, 2.45) is 0 Å². The molecule has 5 rings (SSSR count). The third-order valence-corrected chi connectivity index (χ3v) is 5.11. The van der Waals surface area contributed by atoms with E-state index in [4.69, 9.17) is 8.94 Å². The summed E-state index contributed by atoms with van der Waals surface area (Å²) in [5, 5.41) is 14.9. The van der Waals surface area contributed by atoms with E-state index in [1.165, 1.54) is 41.3 Å². The SMILES string of the molecule is Cc1cc(N2C(=O)c3oc4ccc(F)cc4c(=O)c3[C@@H]2c2ccc([N+](=O)[O-])cc2)no1. The Bertz CT molecular complexity index is 1440. The fourth-order valence-corrected chi connectivity index (χ4v) is 3.74. The molecule has 154 valence electrons. The monoisotopic (exact) mass is 421 g/mol. The van der Waals surface area contributed by atoms with Gasteiger partial charge in [0.25, 0.3) is 11.6 Å². The molecule has 9 nitrogen and oxygen atoms in total. The van der Waals surface area contributed by atoms with Gasteiger partial charge in [0.05, 0.1) is 21.9 Å². The van der Waals surface area contributed by atoms with Crippen molar-refractivity contribution in [3.8, 4) is 0 Å². The second-order valence-electron chi connectivity index (χ2n) is 7.04. The predicted octanol–water partition coefficient (Wildman–Crippen LogP) is 3.89. The number of hydrogen-bond acceptors (Lipinski definition) is 7. The zero-order chi connectivity index (χ0) is 21.9. The minimum atomic E-state index is -0.989. The first-order chi connectivity index (χ1) is 14.8. The average molecular weight is 421 g/mol. The maximum absolute atomic E-state index is 13.8. The molecule has 2 aromatic heterocycles. The summed E-state index contributed by atoms with van der Waals surface area (Å²) in [6.07, 6.45) is 0. The van der Waals surface area contributed by atoms with E-state index in [2.05, 4.69) is 5.16 Å². The molecule has 1 amide bonds. The normalized spacial score (nSPS) is 15.5. The summed E-state index contributed by atoms with van der Waals surface area (Å²) in [5.41, 5.74) is -0.238. The van der Waals surface area contributed by atoms with Gasteiger partial charge in [0.1, 0.15) is 17.2 Å². The van der Waals surface area contributed by atoms with Gasteiger partial charge in [-0.1, -0.05) is 5.16 Å². The summed E-state index contributed by atoms with van der Waals surface area (Å²) in [5.74, 6) is -0.873. The zero-order valence-electron chi connectivity index (χ0n) is 15.9. The number of carbonyl (C=O) groups excluding carboxylic acids is 1. The number of nitrogens with zero attached hydrogens (tertiary/aromatic N) is 3. The summed E-state index contributed by atoms with van der Waals surface area (Å²) >= 11 is 0. The zero-order valence-corrected chi connectivity index (χ0v) is 15.9. The number of carbonyl (C=O) groups is 1. The van der Waals surface area contributed by atoms with Crippen LogP contribution in [0.25, 0.3) is 11.0 Å². The number of aryl methyl sites for hydroxylation is 1. The molecule has 1 aliphatic heterocycles. The molecule has 31 heavy (non-hydrogen) atoms. The molecule has 4 aromatic rings. The molecular weight excluding hydrogens is 409 g/mol. The highest BCUT2D eigenvalue weighted by Gasteiger charge is 2.45. The first-order valence-electron chi connectivity index (χ1n) is 9.12. The minimum Gasteiger partial charge on any atom is -0.450 e. The Morgan fingerprint density at radius 2 is 1.87 bits per heavy atom. The van der Waals surface area contributed by atoms with E-state index >= 15 is 0 Å². The van der Waals surface area contributed by atoms with E-state index in [0.717, 1.165) is 12.1 Å². The van der Waals surface area contributed by atoms with Crippen molar-refractivity contribution in [1.82, 2.24) is 5.16 Å². The van der Waals surface area contributed by atoms with Gasteiger partial charge in [-0.2, -0.15) is 0 Å². The number of rotatable bonds is 3. The van der Waals surface area contributed by atoms with Gasteiger partial charge < -0.3 is 8.94 Å². The molecular formula is C21H12FN3O6. The second kappa shape index (κ2) is 6.59. The molecule has 1 atom stereocenters. The van der Waals surface area contributed by atoms with Crippen LogP contribution in [0, 0.1) is 22.9 Å². The molecule has 0 N–H and O–H groups in total. The highest BCUT2D eigenvalue weighted by Crippen LogP contribution is 2.41. The smallest absolute Gasteiger partial charge is 0.296 e. The Morgan fingerprint density at radius 3 is 2.52 bits per heavy atom. The lowest BCUT2D eigenvalue weighted by Crippen LogP contribution is -2.29. The van der Waals surface area contributed by atoms with E-state index < -0.39 is 28.1 Å². The Labute approximate surface area is 172 Å². The average Bonchev–Trinajstić information content (AvgIpc) is 3.30. The molecule has 3 heterocycles. The lowest BCUT2D eigenvalue weighted by molar-refractivity contribution is -0.384. The van der Waals surface area contributed by atoms with E-state index in [-0.39, 0.29) is 33.8 Å². The third-order valence-electron chi connectivity index (χ3n) is 5.11. The number of nitro groups is 1. The van der Waals surface area contributed by atoms with Gasteiger partial charge in [0, 0.05) is 18.2 Å². The van der Waals surface area contributed by atoms with Gasteiger partial charge in [0.15, 0.2) is 11.2 Å². The molecule has 0 saturated carbocycles. The standard InChI is InChI=1S/C21H12FN3O6/c1-10-8-16(23-31-10)24-18(11-2-5-13(6-3-11)25(28)29)17-19(26)14-9-12(22)4-7-15(14)30-20(17)21(24)27/h2-9,18H,1H3/t18-/m0/s1. The van der Waals surface area contributed by atoms with Crippen molar-refractivity contribution in [1.29, 1.82) is 0 Å². The Kier molecular flexibility index (Phi) is 3.97. The van der Waals surface area contributed by atoms with Crippen molar-refractivity contribution < 1.29 is 23.0 Å². The van der Waals surface area contributed by atoms with E-state index in [0.29, 0.717) is 11.3 Å². The Morgan fingerprint density at radius 1 is 1.13 bits per heavy atom. The number of halogens is 1. The summed E-state index contributed by atoms with van der Waals surface area (Å²) in [4.78, 5) is 38.3. The Balaban J connectivity index is 1.79. The van der Waals surface area contributed by atoms with E-state index in [1.54, 1.807) is 6.92 Å². The molecule has 2 aromatic carbocycles. The highest BCUT2D eigenvalue weighted by atomic mass is 19.1.